The highest BCUT2D eigenvalue weighted by Gasteiger charge is 2.27. The van der Waals surface area contributed by atoms with E-state index in [0.29, 0.717) is 45.1 Å². The first-order chi connectivity index (χ1) is 12.4. The van der Waals surface area contributed by atoms with Crippen LogP contribution in [0.15, 0.2) is 23.1 Å². The Morgan fingerprint density at radius 3 is 2.65 bits per heavy atom. The molecule has 0 bridgehead atoms. The number of rotatable bonds is 8. The predicted molar refractivity (Wildman–Crippen MR) is 99.0 cm³/mol. The van der Waals surface area contributed by atoms with Gasteiger partial charge in [0.1, 0.15) is 16.7 Å². The Morgan fingerprint density at radius 2 is 2.08 bits per heavy atom. The van der Waals surface area contributed by atoms with Gasteiger partial charge in [0.15, 0.2) is 0 Å². The highest BCUT2D eigenvalue weighted by molar-refractivity contribution is 7.89. The zero-order valence-corrected chi connectivity index (χ0v) is 16.3. The van der Waals surface area contributed by atoms with Crippen molar-refractivity contribution in [2.24, 2.45) is 0 Å². The van der Waals surface area contributed by atoms with Crippen molar-refractivity contribution in [2.75, 3.05) is 44.7 Å². The number of nitrogens with one attached hydrogen (secondary N) is 2. The number of ether oxygens (including phenoxy) is 2. The van der Waals surface area contributed by atoms with Gasteiger partial charge >= 0.3 is 0 Å². The minimum absolute atomic E-state index is 0.0449. The first-order valence-corrected chi connectivity index (χ1v) is 10.3. The van der Waals surface area contributed by atoms with Crippen LogP contribution in [0.25, 0.3) is 0 Å². The Morgan fingerprint density at radius 1 is 1.35 bits per heavy atom. The number of carbonyl (C=O) groups excluding carboxylic acids is 1. The second kappa shape index (κ2) is 9.31. The zero-order valence-electron chi connectivity index (χ0n) is 15.4. The van der Waals surface area contributed by atoms with Crippen molar-refractivity contribution in [1.82, 2.24) is 9.62 Å². The van der Waals surface area contributed by atoms with Crippen molar-refractivity contribution in [1.29, 1.82) is 0 Å². The predicted octanol–water partition coefficient (Wildman–Crippen LogP) is 1.04. The molecule has 9 heteroatoms. The molecule has 1 heterocycles. The maximum Gasteiger partial charge on any atom is 0.254 e. The van der Waals surface area contributed by atoms with Gasteiger partial charge in [0.2, 0.25) is 10.0 Å². The lowest BCUT2D eigenvalue weighted by Gasteiger charge is -2.23. The summed E-state index contributed by atoms with van der Waals surface area (Å²) >= 11 is 0. The van der Waals surface area contributed by atoms with Crippen LogP contribution in [0.3, 0.4) is 0 Å². The lowest BCUT2D eigenvalue weighted by atomic mass is 10.2. The second-order valence-corrected chi connectivity index (χ2v) is 7.64. The summed E-state index contributed by atoms with van der Waals surface area (Å²) in [6.07, 6.45) is -0.599. The summed E-state index contributed by atoms with van der Waals surface area (Å²) in [5, 5.41) is 5.81. The molecule has 1 aromatic rings. The van der Waals surface area contributed by atoms with Gasteiger partial charge in [-0.1, -0.05) is 13.8 Å². The largest absolute Gasteiger partial charge is 0.492 e. The molecule has 0 aromatic heterocycles. The highest BCUT2D eigenvalue weighted by atomic mass is 32.2. The Bertz CT molecular complexity index is 713. The SMILES string of the molecule is CCOc1ccc(NC(=O)C2CNCCO2)cc1S(=O)(=O)N(CC)CC. The van der Waals surface area contributed by atoms with Gasteiger partial charge in [-0.2, -0.15) is 4.31 Å². The topological polar surface area (TPSA) is 97.0 Å². The van der Waals surface area contributed by atoms with Crippen molar-refractivity contribution in [3.05, 3.63) is 18.2 Å². The van der Waals surface area contributed by atoms with Crippen LogP contribution in [0.4, 0.5) is 5.69 Å². The molecule has 1 aliphatic heterocycles. The van der Waals surface area contributed by atoms with Gasteiger partial charge in [-0.05, 0) is 25.1 Å². The number of morpholine rings is 1. The van der Waals surface area contributed by atoms with Crippen molar-refractivity contribution in [3.8, 4) is 5.75 Å². The van der Waals surface area contributed by atoms with Crippen LogP contribution in [0.5, 0.6) is 5.75 Å². The van der Waals surface area contributed by atoms with E-state index in [1.165, 1.54) is 10.4 Å². The van der Waals surface area contributed by atoms with E-state index in [1.54, 1.807) is 32.9 Å². The molecular weight excluding hydrogens is 358 g/mol. The third kappa shape index (κ3) is 4.73. The quantitative estimate of drug-likeness (QED) is 0.694. The Labute approximate surface area is 154 Å². The van der Waals surface area contributed by atoms with Gasteiger partial charge in [-0.15, -0.1) is 0 Å². The number of benzene rings is 1. The fourth-order valence-corrected chi connectivity index (χ4v) is 4.34. The molecule has 2 N–H and O–H groups in total. The van der Waals surface area contributed by atoms with Crippen LogP contribution < -0.4 is 15.4 Å². The third-order valence-electron chi connectivity index (χ3n) is 4.05. The number of amides is 1. The summed E-state index contributed by atoms with van der Waals surface area (Å²) in [6, 6.07) is 4.63. The number of sulfonamides is 1. The van der Waals surface area contributed by atoms with E-state index in [1.807, 2.05) is 0 Å². The first kappa shape index (κ1) is 20.6. The van der Waals surface area contributed by atoms with Crippen LogP contribution in [0.1, 0.15) is 20.8 Å². The number of hydrogen-bond donors (Lipinski definition) is 2. The second-order valence-electron chi connectivity index (χ2n) is 5.74. The molecular formula is C17H27N3O5S. The fraction of sp³-hybridized carbons (Fsp3) is 0.588. The molecule has 1 atom stereocenters. The number of nitrogens with zero attached hydrogens (tertiary/aromatic N) is 1. The zero-order chi connectivity index (χ0) is 19.2. The molecule has 2 rings (SSSR count). The van der Waals surface area contributed by atoms with Crippen LogP contribution in [-0.2, 0) is 19.6 Å². The molecule has 1 aliphatic rings. The Kier molecular flexibility index (Phi) is 7.39. The average molecular weight is 385 g/mol. The Hall–Kier alpha value is -1.68. The lowest BCUT2D eigenvalue weighted by Crippen LogP contribution is -2.45. The molecule has 0 saturated carbocycles. The van der Waals surface area contributed by atoms with Gasteiger partial charge in [0.05, 0.1) is 13.2 Å². The van der Waals surface area contributed by atoms with Crippen molar-refractivity contribution in [3.63, 3.8) is 0 Å². The van der Waals surface area contributed by atoms with Crippen molar-refractivity contribution < 1.29 is 22.7 Å². The summed E-state index contributed by atoms with van der Waals surface area (Å²) < 4.78 is 38.1. The minimum Gasteiger partial charge on any atom is -0.492 e. The van der Waals surface area contributed by atoms with E-state index < -0.39 is 16.1 Å². The summed E-state index contributed by atoms with van der Waals surface area (Å²) in [4.78, 5) is 12.4. The Balaban J connectivity index is 2.31. The van der Waals surface area contributed by atoms with Gasteiger partial charge in [0.25, 0.3) is 5.91 Å². The third-order valence-corrected chi connectivity index (χ3v) is 6.13. The van der Waals surface area contributed by atoms with Gasteiger partial charge < -0.3 is 20.1 Å². The monoisotopic (exact) mass is 385 g/mol. The number of carbonyl (C=O) groups is 1. The highest BCUT2D eigenvalue weighted by Crippen LogP contribution is 2.30. The molecule has 8 nitrogen and oxygen atoms in total. The summed E-state index contributed by atoms with van der Waals surface area (Å²) in [7, 11) is -3.72. The van der Waals surface area contributed by atoms with Crippen LogP contribution in [-0.4, -0.2) is 64.1 Å². The number of anilines is 1. The van der Waals surface area contributed by atoms with E-state index in [0.717, 1.165) is 0 Å². The smallest absolute Gasteiger partial charge is 0.254 e. The molecule has 1 saturated heterocycles. The van der Waals surface area contributed by atoms with Crippen LogP contribution in [0, 0.1) is 0 Å². The molecule has 1 fully saturated rings. The van der Waals surface area contributed by atoms with E-state index in [-0.39, 0.29) is 16.6 Å². The molecule has 26 heavy (non-hydrogen) atoms. The molecule has 0 spiro atoms. The molecule has 146 valence electrons. The first-order valence-electron chi connectivity index (χ1n) is 8.84. The van der Waals surface area contributed by atoms with Gasteiger partial charge in [-0.3, -0.25) is 4.79 Å². The van der Waals surface area contributed by atoms with Gasteiger partial charge in [0, 0.05) is 31.9 Å². The van der Waals surface area contributed by atoms with E-state index in [2.05, 4.69) is 10.6 Å². The standard InChI is InChI=1S/C17H27N3O5S/c1-4-20(5-2)26(22,23)16-11-13(7-8-14(16)24-6-3)19-17(21)15-12-18-9-10-25-15/h7-8,11,15,18H,4-6,9-10,12H2,1-3H3,(H,19,21). The maximum absolute atomic E-state index is 12.9. The average Bonchev–Trinajstić information content (AvgIpc) is 2.64. The van der Waals surface area contributed by atoms with E-state index in [4.69, 9.17) is 9.47 Å². The van der Waals surface area contributed by atoms with Crippen LogP contribution >= 0.6 is 0 Å². The lowest BCUT2D eigenvalue weighted by molar-refractivity contribution is -0.128. The number of hydrogen-bond acceptors (Lipinski definition) is 6. The maximum atomic E-state index is 12.9. The van der Waals surface area contributed by atoms with Crippen LogP contribution in [0.2, 0.25) is 0 Å². The molecule has 0 radical (unpaired) electrons. The van der Waals surface area contributed by atoms with Crippen molar-refractivity contribution >= 4 is 21.6 Å². The summed E-state index contributed by atoms with van der Waals surface area (Å²) in [6.45, 7) is 7.98. The van der Waals surface area contributed by atoms with E-state index >= 15 is 0 Å². The van der Waals surface area contributed by atoms with Crippen molar-refractivity contribution in [2.45, 2.75) is 31.8 Å². The van der Waals surface area contributed by atoms with E-state index in [9.17, 15) is 13.2 Å². The minimum atomic E-state index is -3.72. The molecule has 1 aromatic carbocycles. The summed E-state index contributed by atoms with van der Waals surface area (Å²) in [5.74, 6) is -0.0412. The summed E-state index contributed by atoms with van der Waals surface area (Å²) in [5.41, 5.74) is 0.387. The van der Waals surface area contributed by atoms with Gasteiger partial charge in [-0.25, -0.2) is 8.42 Å². The molecule has 1 amide bonds. The normalized spacial score (nSPS) is 17.9. The fourth-order valence-electron chi connectivity index (χ4n) is 2.72. The molecule has 1 unspecified atom stereocenters. The molecule has 0 aliphatic carbocycles.